The van der Waals surface area contributed by atoms with Gasteiger partial charge in [0.05, 0.1) is 10.7 Å². The van der Waals surface area contributed by atoms with Crippen molar-refractivity contribution < 1.29 is 9.05 Å². The van der Waals surface area contributed by atoms with Crippen molar-refractivity contribution >= 4 is 15.9 Å². The zero-order chi connectivity index (χ0) is 19.5. The average molecular weight is 443 g/mol. The molecule has 0 atom stereocenters. The predicted molar refractivity (Wildman–Crippen MR) is 105 cm³/mol. The van der Waals surface area contributed by atoms with E-state index in [1.807, 2.05) is 18.3 Å². The molecule has 0 radical (unpaired) electrons. The van der Waals surface area contributed by atoms with Crippen LogP contribution < -0.4 is 0 Å². The van der Waals surface area contributed by atoms with Gasteiger partial charge in [-0.15, -0.1) is 0 Å². The molecule has 0 aliphatic rings. The van der Waals surface area contributed by atoms with Crippen LogP contribution in [0.15, 0.2) is 50.2 Å². The Labute approximate surface area is 170 Å². The van der Waals surface area contributed by atoms with Crippen molar-refractivity contribution in [1.29, 1.82) is 0 Å². The first-order valence-electron chi connectivity index (χ1n) is 8.99. The van der Waals surface area contributed by atoms with Gasteiger partial charge in [-0.3, -0.25) is 4.68 Å². The van der Waals surface area contributed by atoms with Crippen LogP contribution in [0, 0.1) is 0 Å². The Bertz CT molecular complexity index is 1050. The Kier molecular flexibility index (Phi) is 5.34. The summed E-state index contributed by atoms with van der Waals surface area (Å²) < 4.78 is 13.3. The van der Waals surface area contributed by atoms with Gasteiger partial charge in [0.25, 0.3) is 0 Å². The van der Waals surface area contributed by atoms with Crippen molar-refractivity contribution in [3.8, 4) is 11.4 Å². The summed E-state index contributed by atoms with van der Waals surface area (Å²) in [5, 5.41) is 12.2. The van der Waals surface area contributed by atoms with Gasteiger partial charge in [0.15, 0.2) is 5.82 Å². The number of nitrogens with zero attached hydrogens (tertiary/aromatic N) is 6. The molecule has 0 unspecified atom stereocenters. The largest absolute Gasteiger partial charge is 0.339 e. The van der Waals surface area contributed by atoms with E-state index in [2.05, 4.69) is 67.3 Å². The van der Waals surface area contributed by atoms with Gasteiger partial charge in [0.2, 0.25) is 17.6 Å². The minimum atomic E-state index is 0.451. The predicted octanol–water partition coefficient (Wildman–Crippen LogP) is 4.04. The summed E-state index contributed by atoms with van der Waals surface area (Å²) in [6.07, 6.45) is 4.63. The second-order valence-corrected chi connectivity index (χ2v) is 7.66. The molecular weight excluding hydrogens is 424 g/mol. The van der Waals surface area contributed by atoms with Gasteiger partial charge in [-0.05, 0) is 27.4 Å². The number of aromatic nitrogens is 6. The van der Waals surface area contributed by atoms with Crippen molar-refractivity contribution in [2.75, 3.05) is 0 Å². The van der Waals surface area contributed by atoms with Gasteiger partial charge in [-0.25, -0.2) is 0 Å². The Hall–Kier alpha value is -2.81. The maximum atomic E-state index is 5.35. The molecule has 144 valence electrons. The van der Waals surface area contributed by atoms with E-state index in [0.717, 1.165) is 10.0 Å². The number of rotatable bonds is 7. The molecule has 0 amide bonds. The molecule has 4 rings (SSSR count). The topological polar surface area (TPSA) is 95.7 Å². The standard InChI is InChI=1S/C19H19BrN6O2/c1-12(2)13-3-5-14(6-4-13)19-23-18(28-25-19)8-7-17-22-16(24-27-17)11-26-10-15(20)9-21-26/h3-6,9-10,12H,7-8,11H2,1-2H3. The summed E-state index contributed by atoms with van der Waals surface area (Å²) in [7, 11) is 0. The van der Waals surface area contributed by atoms with Crippen LogP contribution in [0.1, 0.15) is 42.9 Å². The molecule has 28 heavy (non-hydrogen) atoms. The normalized spacial score (nSPS) is 11.4. The van der Waals surface area contributed by atoms with E-state index in [-0.39, 0.29) is 0 Å². The summed E-state index contributed by atoms with van der Waals surface area (Å²) in [6, 6.07) is 8.21. The lowest BCUT2D eigenvalue weighted by molar-refractivity contribution is 0.351. The number of halogens is 1. The van der Waals surface area contributed by atoms with E-state index in [1.54, 1.807) is 10.9 Å². The Balaban J connectivity index is 1.35. The van der Waals surface area contributed by atoms with Crippen LogP contribution in [0.25, 0.3) is 11.4 Å². The van der Waals surface area contributed by atoms with E-state index < -0.39 is 0 Å². The van der Waals surface area contributed by atoms with Crippen LogP contribution in [-0.4, -0.2) is 30.1 Å². The molecule has 4 aromatic rings. The summed E-state index contributed by atoms with van der Waals surface area (Å²) in [6.45, 7) is 4.78. The molecule has 0 aliphatic heterocycles. The van der Waals surface area contributed by atoms with E-state index in [0.29, 0.717) is 48.7 Å². The summed E-state index contributed by atoms with van der Waals surface area (Å²) in [4.78, 5) is 8.84. The number of hydrogen-bond acceptors (Lipinski definition) is 7. The van der Waals surface area contributed by atoms with E-state index >= 15 is 0 Å². The maximum Gasteiger partial charge on any atom is 0.227 e. The Morgan fingerprint density at radius 3 is 2.39 bits per heavy atom. The minimum absolute atomic E-state index is 0.451. The zero-order valence-electron chi connectivity index (χ0n) is 15.5. The molecule has 0 saturated carbocycles. The molecule has 9 heteroatoms. The van der Waals surface area contributed by atoms with Gasteiger partial charge in [-0.2, -0.15) is 15.1 Å². The molecule has 0 aliphatic carbocycles. The molecule has 0 spiro atoms. The third-order valence-electron chi connectivity index (χ3n) is 4.27. The van der Waals surface area contributed by atoms with Crippen LogP contribution in [0.5, 0.6) is 0 Å². The molecular formula is C19H19BrN6O2. The summed E-state index contributed by atoms with van der Waals surface area (Å²) in [5.74, 6) is 2.72. The van der Waals surface area contributed by atoms with Crippen molar-refractivity contribution in [3.63, 3.8) is 0 Å². The first kappa shape index (κ1) is 18.5. The van der Waals surface area contributed by atoms with Crippen LogP contribution >= 0.6 is 15.9 Å². The van der Waals surface area contributed by atoms with E-state index in [1.165, 1.54) is 5.56 Å². The smallest absolute Gasteiger partial charge is 0.227 e. The van der Waals surface area contributed by atoms with Crippen LogP contribution in [0.4, 0.5) is 0 Å². The zero-order valence-corrected chi connectivity index (χ0v) is 17.1. The molecule has 0 N–H and O–H groups in total. The van der Waals surface area contributed by atoms with Crippen molar-refractivity contribution in [3.05, 3.63) is 64.3 Å². The van der Waals surface area contributed by atoms with Crippen LogP contribution in [0.2, 0.25) is 0 Å². The fourth-order valence-electron chi connectivity index (χ4n) is 2.73. The van der Waals surface area contributed by atoms with Crippen molar-refractivity contribution in [1.82, 2.24) is 30.1 Å². The van der Waals surface area contributed by atoms with Gasteiger partial charge < -0.3 is 9.05 Å². The summed E-state index contributed by atoms with van der Waals surface area (Å²) >= 11 is 3.36. The highest BCUT2D eigenvalue weighted by Crippen LogP contribution is 2.21. The molecule has 8 nitrogen and oxygen atoms in total. The number of hydrogen-bond donors (Lipinski definition) is 0. The maximum absolute atomic E-state index is 5.35. The summed E-state index contributed by atoms with van der Waals surface area (Å²) in [5.41, 5.74) is 2.21. The first-order chi connectivity index (χ1) is 13.6. The molecule has 3 aromatic heterocycles. The minimum Gasteiger partial charge on any atom is -0.339 e. The molecule has 0 saturated heterocycles. The van der Waals surface area contributed by atoms with Gasteiger partial charge in [-0.1, -0.05) is 48.4 Å². The van der Waals surface area contributed by atoms with Gasteiger partial charge >= 0.3 is 0 Å². The first-order valence-corrected chi connectivity index (χ1v) is 9.78. The Morgan fingerprint density at radius 2 is 1.71 bits per heavy atom. The van der Waals surface area contributed by atoms with Gasteiger partial charge in [0.1, 0.15) is 6.54 Å². The fourth-order valence-corrected chi connectivity index (χ4v) is 3.06. The lowest BCUT2D eigenvalue weighted by Crippen LogP contribution is -2.02. The third-order valence-corrected chi connectivity index (χ3v) is 4.68. The quantitative estimate of drug-likeness (QED) is 0.426. The van der Waals surface area contributed by atoms with E-state index in [4.69, 9.17) is 9.05 Å². The van der Waals surface area contributed by atoms with Crippen molar-refractivity contribution in [2.45, 2.75) is 39.2 Å². The number of benzene rings is 1. The van der Waals surface area contributed by atoms with E-state index in [9.17, 15) is 0 Å². The lowest BCUT2D eigenvalue weighted by atomic mass is 10.0. The fraction of sp³-hybridized carbons (Fsp3) is 0.316. The monoisotopic (exact) mass is 442 g/mol. The second kappa shape index (κ2) is 8.05. The second-order valence-electron chi connectivity index (χ2n) is 6.75. The van der Waals surface area contributed by atoms with Gasteiger partial charge in [0, 0.05) is 24.6 Å². The Morgan fingerprint density at radius 1 is 1.00 bits per heavy atom. The highest BCUT2D eigenvalue weighted by atomic mass is 79.9. The van der Waals surface area contributed by atoms with Crippen LogP contribution in [-0.2, 0) is 19.4 Å². The third kappa shape index (κ3) is 4.36. The van der Waals surface area contributed by atoms with Crippen LogP contribution in [0.3, 0.4) is 0 Å². The average Bonchev–Trinajstić information content (AvgIpc) is 3.42. The molecule has 0 fully saturated rings. The highest BCUT2D eigenvalue weighted by molar-refractivity contribution is 9.10. The molecule has 3 heterocycles. The SMILES string of the molecule is CC(C)c1ccc(-c2noc(CCc3nc(Cn4cc(Br)cn4)no3)n2)cc1. The lowest BCUT2D eigenvalue weighted by Gasteiger charge is -2.04. The molecule has 0 bridgehead atoms. The highest BCUT2D eigenvalue weighted by Gasteiger charge is 2.12. The van der Waals surface area contributed by atoms with Crippen molar-refractivity contribution in [2.24, 2.45) is 0 Å². The molecule has 1 aromatic carbocycles. The number of aryl methyl sites for hydroxylation is 2.